The third-order valence-corrected chi connectivity index (χ3v) is 2.60. The van der Waals surface area contributed by atoms with Crippen LogP contribution in [0.25, 0.3) is 0 Å². The maximum Gasteiger partial charge on any atom is 0.252 e. The van der Waals surface area contributed by atoms with Gasteiger partial charge in [-0.15, -0.1) is 11.3 Å². The van der Waals surface area contributed by atoms with Crippen LogP contribution in [0.4, 0.5) is 0 Å². The summed E-state index contributed by atoms with van der Waals surface area (Å²) in [6.07, 6.45) is 0. The number of nitrogens with one attached hydrogen (secondary N) is 1. The SMILES string of the molecule is CC(C)(O)CNC(=O)c1csc(Cl)c1. The summed E-state index contributed by atoms with van der Waals surface area (Å²) < 4.78 is 0.582. The Labute approximate surface area is 91.7 Å². The second-order valence-electron chi connectivity index (χ2n) is 3.63. The van der Waals surface area contributed by atoms with Gasteiger partial charge >= 0.3 is 0 Å². The fraction of sp³-hybridized carbons (Fsp3) is 0.444. The van der Waals surface area contributed by atoms with Gasteiger partial charge in [-0.05, 0) is 19.9 Å². The van der Waals surface area contributed by atoms with Gasteiger partial charge in [0.2, 0.25) is 0 Å². The number of carbonyl (C=O) groups is 1. The van der Waals surface area contributed by atoms with Crippen molar-refractivity contribution in [2.24, 2.45) is 0 Å². The first-order valence-electron chi connectivity index (χ1n) is 4.13. The molecule has 1 aromatic rings. The van der Waals surface area contributed by atoms with Crippen LogP contribution in [0.1, 0.15) is 24.2 Å². The van der Waals surface area contributed by atoms with E-state index < -0.39 is 5.60 Å². The molecule has 3 nitrogen and oxygen atoms in total. The largest absolute Gasteiger partial charge is 0.389 e. The highest BCUT2D eigenvalue weighted by atomic mass is 35.5. The highest BCUT2D eigenvalue weighted by Gasteiger charge is 2.15. The lowest BCUT2D eigenvalue weighted by Gasteiger charge is -2.17. The van der Waals surface area contributed by atoms with Gasteiger partial charge in [0.25, 0.3) is 5.91 Å². The molecule has 1 heterocycles. The molecule has 0 spiro atoms. The molecule has 5 heteroatoms. The van der Waals surface area contributed by atoms with Crippen molar-refractivity contribution in [3.05, 3.63) is 21.3 Å². The Morgan fingerprint density at radius 1 is 1.71 bits per heavy atom. The number of hydrogen-bond donors (Lipinski definition) is 2. The maximum atomic E-state index is 11.4. The van der Waals surface area contributed by atoms with E-state index in [0.717, 1.165) is 0 Å². The van der Waals surface area contributed by atoms with E-state index in [1.807, 2.05) is 0 Å². The number of rotatable bonds is 3. The zero-order valence-electron chi connectivity index (χ0n) is 8.00. The molecule has 0 atom stereocenters. The summed E-state index contributed by atoms with van der Waals surface area (Å²) in [6, 6.07) is 1.60. The van der Waals surface area contributed by atoms with Crippen LogP contribution in [-0.4, -0.2) is 23.2 Å². The fourth-order valence-corrected chi connectivity index (χ4v) is 1.69. The van der Waals surface area contributed by atoms with Crippen molar-refractivity contribution in [2.75, 3.05) is 6.54 Å². The number of hydrogen-bond acceptors (Lipinski definition) is 3. The first-order chi connectivity index (χ1) is 6.38. The lowest BCUT2D eigenvalue weighted by Crippen LogP contribution is -2.38. The Balaban J connectivity index is 2.52. The first kappa shape index (κ1) is 11.5. The Morgan fingerprint density at radius 2 is 2.36 bits per heavy atom. The van der Waals surface area contributed by atoms with E-state index in [2.05, 4.69) is 5.32 Å². The summed E-state index contributed by atoms with van der Waals surface area (Å²) >= 11 is 6.99. The van der Waals surface area contributed by atoms with E-state index in [1.54, 1.807) is 25.3 Å². The molecule has 0 saturated carbocycles. The van der Waals surface area contributed by atoms with Gasteiger partial charge in [0.15, 0.2) is 0 Å². The number of carbonyl (C=O) groups excluding carboxylic acids is 1. The third kappa shape index (κ3) is 3.65. The lowest BCUT2D eigenvalue weighted by atomic mass is 10.1. The molecule has 2 N–H and O–H groups in total. The Kier molecular flexibility index (Phi) is 3.53. The van der Waals surface area contributed by atoms with Crippen LogP contribution in [0.2, 0.25) is 4.34 Å². The van der Waals surface area contributed by atoms with Crippen LogP contribution >= 0.6 is 22.9 Å². The molecule has 0 aliphatic rings. The third-order valence-electron chi connectivity index (χ3n) is 1.51. The number of amides is 1. The van der Waals surface area contributed by atoms with Crippen molar-refractivity contribution < 1.29 is 9.90 Å². The molecule has 0 aromatic carbocycles. The fourth-order valence-electron chi connectivity index (χ4n) is 0.828. The van der Waals surface area contributed by atoms with Crippen molar-refractivity contribution >= 4 is 28.8 Å². The van der Waals surface area contributed by atoms with Crippen molar-refractivity contribution in [3.63, 3.8) is 0 Å². The molecule has 1 amide bonds. The monoisotopic (exact) mass is 233 g/mol. The summed E-state index contributed by atoms with van der Waals surface area (Å²) in [4.78, 5) is 11.4. The van der Waals surface area contributed by atoms with Crippen LogP contribution in [0, 0.1) is 0 Å². The summed E-state index contributed by atoms with van der Waals surface area (Å²) in [5.74, 6) is -0.213. The van der Waals surface area contributed by atoms with Crippen molar-refractivity contribution in [1.82, 2.24) is 5.32 Å². The molecule has 0 aliphatic heterocycles. The second kappa shape index (κ2) is 4.29. The van der Waals surface area contributed by atoms with Gasteiger partial charge in [0, 0.05) is 11.9 Å². The minimum atomic E-state index is -0.893. The standard InChI is InChI=1S/C9H12ClNO2S/c1-9(2,13)5-11-8(12)6-3-7(10)14-4-6/h3-4,13H,5H2,1-2H3,(H,11,12). The van der Waals surface area contributed by atoms with Gasteiger partial charge in [0.1, 0.15) is 0 Å². The summed E-state index contributed by atoms with van der Waals surface area (Å²) in [7, 11) is 0. The van der Waals surface area contributed by atoms with E-state index in [9.17, 15) is 9.90 Å². The van der Waals surface area contributed by atoms with Crippen molar-refractivity contribution in [1.29, 1.82) is 0 Å². The van der Waals surface area contributed by atoms with Crippen molar-refractivity contribution in [2.45, 2.75) is 19.4 Å². The van der Waals surface area contributed by atoms with Crippen LogP contribution in [0.3, 0.4) is 0 Å². The molecule has 78 valence electrons. The van der Waals surface area contributed by atoms with Gasteiger partial charge in [-0.25, -0.2) is 0 Å². The smallest absolute Gasteiger partial charge is 0.252 e. The number of thiophene rings is 1. The van der Waals surface area contributed by atoms with E-state index >= 15 is 0 Å². The van der Waals surface area contributed by atoms with E-state index in [1.165, 1.54) is 11.3 Å². The molecule has 1 aromatic heterocycles. The van der Waals surface area contributed by atoms with Gasteiger partial charge in [-0.3, -0.25) is 4.79 Å². The highest BCUT2D eigenvalue weighted by Crippen LogP contribution is 2.19. The maximum absolute atomic E-state index is 11.4. The average Bonchev–Trinajstić information content (AvgIpc) is 2.46. The minimum absolute atomic E-state index is 0.213. The number of halogens is 1. The molecule has 1 rings (SSSR count). The molecule has 0 saturated heterocycles. The molecule has 0 fully saturated rings. The Bertz CT molecular complexity index is 330. The van der Waals surface area contributed by atoms with Gasteiger partial charge < -0.3 is 10.4 Å². The first-order valence-corrected chi connectivity index (χ1v) is 5.39. The molecular formula is C9H12ClNO2S. The summed E-state index contributed by atoms with van der Waals surface area (Å²) in [5, 5.41) is 13.7. The number of aliphatic hydroxyl groups is 1. The lowest BCUT2D eigenvalue weighted by molar-refractivity contribution is 0.0694. The highest BCUT2D eigenvalue weighted by molar-refractivity contribution is 7.14. The van der Waals surface area contributed by atoms with Crippen LogP contribution in [0.15, 0.2) is 11.4 Å². The van der Waals surface area contributed by atoms with Crippen LogP contribution < -0.4 is 5.32 Å². The van der Waals surface area contributed by atoms with E-state index in [4.69, 9.17) is 11.6 Å². The summed E-state index contributed by atoms with van der Waals surface area (Å²) in [6.45, 7) is 3.49. The Hall–Kier alpha value is -0.580. The predicted molar refractivity (Wildman–Crippen MR) is 58.0 cm³/mol. The van der Waals surface area contributed by atoms with E-state index in [-0.39, 0.29) is 12.5 Å². The zero-order chi connectivity index (χ0) is 10.8. The normalized spacial score (nSPS) is 11.4. The molecule has 0 radical (unpaired) electrons. The average molecular weight is 234 g/mol. The van der Waals surface area contributed by atoms with Crippen LogP contribution in [0.5, 0.6) is 0 Å². The van der Waals surface area contributed by atoms with E-state index in [0.29, 0.717) is 9.90 Å². The zero-order valence-corrected chi connectivity index (χ0v) is 9.58. The predicted octanol–water partition coefficient (Wildman–Crippen LogP) is 1.90. The van der Waals surface area contributed by atoms with Crippen molar-refractivity contribution in [3.8, 4) is 0 Å². The quantitative estimate of drug-likeness (QED) is 0.838. The van der Waals surface area contributed by atoms with Gasteiger partial charge in [0.05, 0.1) is 15.5 Å². The Morgan fingerprint density at radius 3 is 2.79 bits per heavy atom. The minimum Gasteiger partial charge on any atom is -0.389 e. The molecular weight excluding hydrogens is 222 g/mol. The summed E-state index contributed by atoms with van der Waals surface area (Å²) in [5.41, 5.74) is -0.362. The second-order valence-corrected chi connectivity index (χ2v) is 5.18. The van der Waals surface area contributed by atoms with Gasteiger partial charge in [-0.1, -0.05) is 11.6 Å². The molecule has 0 unspecified atom stereocenters. The topological polar surface area (TPSA) is 49.3 Å². The van der Waals surface area contributed by atoms with Crippen LogP contribution in [-0.2, 0) is 0 Å². The molecule has 14 heavy (non-hydrogen) atoms. The molecule has 0 aliphatic carbocycles. The van der Waals surface area contributed by atoms with Gasteiger partial charge in [-0.2, -0.15) is 0 Å². The molecule has 0 bridgehead atoms.